The number of nitrogens with zero attached hydrogens (tertiary/aromatic N) is 2. The minimum Gasteiger partial charge on any atom is -0.497 e. The molecule has 1 unspecified atom stereocenters. The number of carbonyl (C=O) groups is 1. The van der Waals surface area contributed by atoms with E-state index in [-0.39, 0.29) is 18.6 Å². The van der Waals surface area contributed by atoms with E-state index in [1.807, 2.05) is 24.3 Å². The molecular weight excluding hydrogens is 359 g/mol. The van der Waals surface area contributed by atoms with Crippen LogP contribution in [0.25, 0.3) is 0 Å². The number of urea groups is 1. The van der Waals surface area contributed by atoms with Crippen LogP contribution in [0.5, 0.6) is 5.75 Å². The SMILES string of the molecule is COc1ccc(CCN2C(=O)N(N)CC2c2ccc(C(F)(F)F)cc2)cc1. The maximum absolute atomic E-state index is 12.8. The Hall–Kier alpha value is -2.74. The zero-order valence-electron chi connectivity index (χ0n) is 14.7. The number of hydrazine groups is 1. The minimum atomic E-state index is -4.39. The number of hydrogen-bond acceptors (Lipinski definition) is 3. The Morgan fingerprint density at radius 2 is 1.74 bits per heavy atom. The molecule has 1 heterocycles. The van der Waals surface area contributed by atoms with Crippen molar-refractivity contribution in [3.8, 4) is 5.75 Å². The van der Waals surface area contributed by atoms with E-state index in [1.165, 1.54) is 12.1 Å². The van der Waals surface area contributed by atoms with Crippen molar-refractivity contribution in [3.63, 3.8) is 0 Å². The first-order valence-corrected chi connectivity index (χ1v) is 8.42. The van der Waals surface area contributed by atoms with E-state index in [0.717, 1.165) is 28.5 Å². The number of benzene rings is 2. The topological polar surface area (TPSA) is 58.8 Å². The molecule has 2 aromatic rings. The number of amides is 2. The lowest BCUT2D eigenvalue weighted by Gasteiger charge is -2.23. The zero-order valence-corrected chi connectivity index (χ0v) is 14.7. The Labute approximate surface area is 155 Å². The van der Waals surface area contributed by atoms with Crippen LogP contribution in [0, 0.1) is 0 Å². The van der Waals surface area contributed by atoms with E-state index in [0.29, 0.717) is 18.5 Å². The number of halogens is 3. The molecular formula is C19H20F3N3O2. The second kappa shape index (κ2) is 7.48. The van der Waals surface area contributed by atoms with Crippen LogP contribution in [0.15, 0.2) is 48.5 Å². The lowest BCUT2D eigenvalue weighted by atomic mass is 10.0. The van der Waals surface area contributed by atoms with Crippen molar-refractivity contribution in [1.29, 1.82) is 0 Å². The van der Waals surface area contributed by atoms with E-state index in [2.05, 4.69) is 0 Å². The summed E-state index contributed by atoms with van der Waals surface area (Å²) in [5.41, 5.74) is 0.925. The largest absolute Gasteiger partial charge is 0.497 e. The molecule has 1 fully saturated rings. The predicted octanol–water partition coefficient (Wildman–Crippen LogP) is 3.61. The van der Waals surface area contributed by atoms with Crippen molar-refractivity contribution >= 4 is 6.03 Å². The van der Waals surface area contributed by atoms with Crippen molar-refractivity contribution in [1.82, 2.24) is 9.91 Å². The van der Waals surface area contributed by atoms with Crippen molar-refractivity contribution < 1.29 is 22.7 Å². The molecule has 5 nitrogen and oxygen atoms in total. The Morgan fingerprint density at radius 1 is 1.11 bits per heavy atom. The Balaban J connectivity index is 1.74. The molecule has 0 aliphatic carbocycles. The minimum absolute atomic E-state index is 0.229. The highest BCUT2D eigenvalue weighted by atomic mass is 19.4. The van der Waals surface area contributed by atoms with Crippen molar-refractivity contribution in [2.75, 3.05) is 20.2 Å². The summed E-state index contributed by atoms with van der Waals surface area (Å²) < 4.78 is 43.4. The van der Waals surface area contributed by atoms with Gasteiger partial charge in [0, 0.05) is 6.54 Å². The van der Waals surface area contributed by atoms with Crippen molar-refractivity contribution in [2.45, 2.75) is 18.6 Å². The lowest BCUT2D eigenvalue weighted by molar-refractivity contribution is -0.137. The van der Waals surface area contributed by atoms with Gasteiger partial charge in [-0.25, -0.2) is 10.6 Å². The van der Waals surface area contributed by atoms with Gasteiger partial charge in [0.05, 0.1) is 25.3 Å². The van der Waals surface area contributed by atoms with Gasteiger partial charge in [-0.15, -0.1) is 0 Å². The summed E-state index contributed by atoms with van der Waals surface area (Å²) in [6, 6.07) is 11.6. The molecule has 27 heavy (non-hydrogen) atoms. The molecule has 1 aliphatic heterocycles. The molecule has 1 saturated heterocycles. The predicted molar refractivity (Wildman–Crippen MR) is 93.9 cm³/mol. The van der Waals surface area contributed by atoms with Gasteiger partial charge >= 0.3 is 12.2 Å². The normalized spacial score (nSPS) is 17.5. The standard InChI is InChI=1S/C19H20F3N3O2/c1-27-16-8-2-13(3-9-16)10-11-24-17(12-25(23)18(24)26)14-4-6-15(7-5-14)19(20,21)22/h2-9,17H,10-12,23H2,1H3. The van der Waals surface area contributed by atoms with Gasteiger partial charge in [-0.05, 0) is 41.8 Å². The summed E-state index contributed by atoms with van der Waals surface area (Å²) in [4.78, 5) is 14.0. The monoisotopic (exact) mass is 379 g/mol. The number of ether oxygens (including phenoxy) is 1. The third-order valence-electron chi connectivity index (χ3n) is 4.66. The highest BCUT2D eigenvalue weighted by Gasteiger charge is 2.37. The summed E-state index contributed by atoms with van der Waals surface area (Å²) in [6.45, 7) is 0.636. The Morgan fingerprint density at radius 3 is 2.30 bits per heavy atom. The first-order valence-electron chi connectivity index (χ1n) is 8.42. The first-order chi connectivity index (χ1) is 12.8. The van der Waals surface area contributed by atoms with Gasteiger partial charge in [-0.2, -0.15) is 13.2 Å². The van der Waals surface area contributed by atoms with Crippen LogP contribution in [-0.4, -0.2) is 36.1 Å². The summed E-state index contributed by atoms with van der Waals surface area (Å²) in [5, 5.41) is 1.09. The average Bonchev–Trinajstić information content (AvgIpc) is 2.94. The van der Waals surface area contributed by atoms with E-state index in [9.17, 15) is 18.0 Å². The van der Waals surface area contributed by atoms with Crippen LogP contribution in [0.4, 0.5) is 18.0 Å². The van der Waals surface area contributed by atoms with Crippen LogP contribution in [0.2, 0.25) is 0 Å². The smallest absolute Gasteiger partial charge is 0.416 e. The fourth-order valence-corrected chi connectivity index (χ4v) is 3.13. The molecule has 3 rings (SSSR count). The molecule has 1 atom stereocenters. The van der Waals surface area contributed by atoms with Gasteiger partial charge in [0.1, 0.15) is 5.75 Å². The van der Waals surface area contributed by atoms with Gasteiger partial charge < -0.3 is 9.64 Å². The number of methoxy groups -OCH3 is 1. The number of nitrogens with two attached hydrogens (primary N) is 1. The van der Waals surface area contributed by atoms with Gasteiger partial charge in [0.25, 0.3) is 0 Å². The van der Waals surface area contributed by atoms with E-state index < -0.39 is 11.7 Å². The number of rotatable bonds is 5. The summed E-state index contributed by atoms with van der Waals surface area (Å²) >= 11 is 0. The zero-order chi connectivity index (χ0) is 19.6. The second-order valence-corrected chi connectivity index (χ2v) is 6.36. The van der Waals surface area contributed by atoms with Crippen LogP contribution < -0.4 is 10.6 Å². The lowest BCUT2D eigenvalue weighted by Crippen LogP contribution is -2.37. The van der Waals surface area contributed by atoms with E-state index in [4.69, 9.17) is 10.6 Å². The molecule has 0 radical (unpaired) electrons. The Kier molecular flexibility index (Phi) is 5.27. The number of carbonyl (C=O) groups excluding carboxylic acids is 1. The maximum atomic E-state index is 12.8. The molecule has 2 N–H and O–H groups in total. The number of alkyl halides is 3. The molecule has 1 aliphatic rings. The fourth-order valence-electron chi connectivity index (χ4n) is 3.13. The molecule has 0 saturated carbocycles. The van der Waals surface area contributed by atoms with Crippen molar-refractivity contribution in [2.24, 2.45) is 5.84 Å². The van der Waals surface area contributed by atoms with E-state index in [1.54, 1.807) is 12.0 Å². The molecule has 0 aromatic heterocycles. The Bertz CT molecular complexity index is 791. The quantitative estimate of drug-likeness (QED) is 0.638. The van der Waals surface area contributed by atoms with Gasteiger partial charge in [-0.3, -0.25) is 5.01 Å². The maximum Gasteiger partial charge on any atom is 0.416 e. The molecule has 0 spiro atoms. The molecule has 8 heteroatoms. The van der Waals surface area contributed by atoms with Crippen LogP contribution in [0.3, 0.4) is 0 Å². The fraction of sp³-hybridized carbons (Fsp3) is 0.316. The summed E-state index contributed by atoms with van der Waals surface area (Å²) in [5.74, 6) is 6.49. The second-order valence-electron chi connectivity index (χ2n) is 6.36. The van der Waals surface area contributed by atoms with E-state index >= 15 is 0 Å². The molecule has 0 bridgehead atoms. The molecule has 2 aromatic carbocycles. The van der Waals surface area contributed by atoms with Gasteiger partial charge in [-0.1, -0.05) is 24.3 Å². The number of hydrogen-bond donors (Lipinski definition) is 1. The molecule has 2 amide bonds. The van der Waals surface area contributed by atoms with Crippen LogP contribution in [0.1, 0.15) is 22.7 Å². The third kappa shape index (κ3) is 4.16. The summed E-state index contributed by atoms with van der Waals surface area (Å²) in [7, 11) is 1.59. The van der Waals surface area contributed by atoms with Gasteiger partial charge in [0.15, 0.2) is 0 Å². The average molecular weight is 379 g/mol. The first kappa shape index (κ1) is 19.0. The third-order valence-corrected chi connectivity index (χ3v) is 4.66. The van der Waals surface area contributed by atoms with Gasteiger partial charge in [0.2, 0.25) is 0 Å². The molecule has 144 valence electrons. The highest BCUT2D eigenvalue weighted by molar-refractivity contribution is 5.77. The highest BCUT2D eigenvalue weighted by Crippen LogP contribution is 2.33. The van der Waals surface area contributed by atoms with Crippen LogP contribution >= 0.6 is 0 Å². The summed E-state index contributed by atoms with van der Waals surface area (Å²) in [6.07, 6.45) is -3.79. The van der Waals surface area contributed by atoms with Crippen LogP contribution in [-0.2, 0) is 12.6 Å². The van der Waals surface area contributed by atoms with Crippen molar-refractivity contribution in [3.05, 3.63) is 65.2 Å².